The first kappa shape index (κ1) is 17.7. The van der Waals surface area contributed by atoms with Gasteiger partial charge in [0.15, 0.2) is 5.76 Å². The van der Waals surface area contributed by atoms with Crippen LogP contribution in [0.2, 0.25) is 0 Å². The van der Waals surface area contributed by atoms with Crippen LogP contribution in [0.15, 0.2) is 76.0 Å². The van der Waals surface area contributed by atoms with Crippen molar-refractivity contribution >= 4 is 23.0 Å². The van der Waals surface area contributed by atoms with Crippen molar-refractivity contribution in [3.05, 3.63) is 78.3 Å². The highest BCUT2D eigenvalue weighted by atomic mass is 16.5. The van der Waals surface area contributed by atoms with Crippen molar-refractivity contribution in [3.63, 3.8) is 0 Å². The number of benzene rings is 1. The van der Waals surface area contributed by atoms with Gasteiger partial charge in [0.2, 0.25) is 5.95 Å². The smallest absolute Gasteiger partial charge is 0.259 e. The number of amides is 1. The van der Waals surface area contributed by atoms with Crippen molar-refractivity contribution in [2.24, 2.45) is 0 Å². The SMILES string of the molecule is Cc1cc(C(=O)Nc2nccc(-c3ccco3)n2)c2c(-c3ccccc3)noc2n1. The molecular formula is C22H15N5O3. The molecule has 4 aromatic heterocycles. The van der Waals surface area contributed by atoms with Gasteiger partial charge in [0.25, 0.3) is 11.6 Å². The lowest BCUT2D eigenvalue weighted by molar-refractivity contribution is 0.102. The van der Waals surface area contributed by atoms with Gasteiger partial charge in [-0.2, -0.15) is 0 Å². The van der Waals surface area contributed by atoms with Gasteiger partial charge in [-0.3, -0.25) is 10.1 Å². The second-order valence-corrected chi connectivity index (χ2v) is 6.59. The molecule has 0 radical (unpaired) electrons. The molecule has 1 aromatic carbocycles. The molecule has 0 fully saturated rings. The molecular weight excluding hydrogens is 382 g/mol. The van der Waals surface area contributed by atoms with Crippen LogP contribution < -0.4 is 5.32 Å². The summed E-state index contributed by atoms with van der Waals surface area (Å²) in [6.07, 6.45) is 3.12. The van der Waals surface area contributed by atoms with Crippen LogP contribution in [-0.4, -0.2) is 26.0 Å². The summed E-state index contributed by atoms with van der Waals surface area (Å²) in [5.41, 5.74) is 3.25. The van der Waals surface area contributed by atoms with E-state index in [-0.39, 0.29) is 11.9 Å². The Morgan fingerprint density at radius 2 is 1.90 bits per heavy atom. The van der Waals surface area contributed by atoms with Crippen molar-refractivity contribution in [2.45, 2.75) is 6.92 Å². The zero-order valence-electron chi connectivity index (χ0n) is 15.9. The first-order valence-electron chi connectivity index (χ1n) is 9.20. The lowest BCUT2D eigenvalue weighted by atomic mass is 10.0. The molecule has 1 N–H and O–H groups in total. The quantitative estimate of drug-likeness (QED) is 0.476. The molecule has 0 saturated heterocycles. The number of hydrogen-bond acceptors (Lipinski definition) is 7. The van der Waals surface area contributed by atoms with Crippen molar-refractivity contribution in [3.8, 4) is 22.7 Å². The molecule has 0 aliphatic rings. The summed E-state index contributed by atoms with van der Waals surface area (Å²) in [7, 11) is 0. The summed E-state index contributed by atoms with van der Waals surface area (Å²) in [4.78, 5) is 26.0. The highest BCUT2D eigenvalue weighted by Crippen LogP contribution is 2.30. The van der Waals surface area contributed by atoms with E-state index in [1.807, 2.05) is 30.3 Å². The third kappa shape index (κ3) is 3.20. The number of anilines is 1. The van der Waals surface area contributed by atoms with Gasteiger partial charge in [-0.25, -0.2) is 15.0 Å². The predicted molar refractivity (Wildman–Crippen MR) is 110 cm³/mol. The minimum atomic E-state index is -0.387. The number of aromatic nitrogens is 4. The number of pyridine rings is 1. The van der Waals surface area contributed by atoms with E-state index in [9.17, 15) is 4.79 Å². The maximum absolute atomic E-state index is 13.1. The third-order valence-electron chi connectivity index (χ3n) is 4.52. The Kier molecular flexibility index (Phi) is 4.29. The molecule has 4 heterocycles. The van der Waals surface area contributed by atoms with E-state index in [2.05, 4.69) is 25.4 Å². The van der Waals surface area contributed by atoms with Gasteiger partial charge < -0.3 is 8.94 Å². The molecule has 0 atom stereocenters. The van der Waals surface area contributed by atoms with Gasteiger partial charge >= 0.3 is 0 Å². The monoisotopic (exact) mass is 397 g/mol. The summed E-state index contributed by atoms with van der Waals surface area (Å²) < 4.78 is 10.8. The van der Waals surface area contributed by atoms with Gasteiger partial charge in [-0.05, 0) is 31.2 Å². The lowest BCUT2D eigenvalue weighted by Crippen LogP contribution is -2.15. The van der Waals surface area contributed by atoms with E-state index in [1.165, 1.54) is 0 Å². The van der Waals surface area contributed by atoms with Crippen LogP contribution in [0, 0.1) is 6.92 Å². The maximum atomic E-state index is 13.1. The minimum Gasteiger partial charge on any atom is -0.463 e. The number of nitrogens with zero attached hydrogens (tertiary/aromatic N) is 4. The molecule has 146 valence electrons. The fourth-order valence-corrected chi connectivity index (χ4v) is 3.20. The Hall–Kier alpha value is -4.33. The van der Waals surface area contributed by atoms with E-state index in [4.69, 9.17) is 8.94 Å². The fraction of sp³-hybridized carbons (Fsp3) is 0.0455. The Balaban J connectivity index is 1.55. The molecule has 0 aliphatic heterocycles. The number of hydrogen-bond donors (Lipinski definition) is 1. The molecule has 8 heteroatoms. The molecule has 0 bridgehead atoms. The standard InChI is InChI=1S/C22H15N5O3/c1-13-12-15(18-19(27-30-21(18)24-13)14-6-3-2-4-7-14)20(28)26-22-23-10-9-16(25-22)17-8-5-11-29-17/h2-12H,1H3,(H,23,25,26,28). The molecule has 1 amide bonds. The van der Waals surface area contributed by atoms with E-state index < -0.39 is 0 Å². The zero-order valence-corrected chi connectivity index (χ0v) is 15.9. The molecule has 0 saturated carbocycles. The van der Waals surface area contributed by atoms with E-state index >= 15 is 0 Å². The first-order valence-corrected chi connectivity index (χ1v) is 9.20. The van der Waals surface area contributed by atoms with Crippen molar-refractivity contribution in [2.75, 3.05) is 5.32 Å². The van der Waals surface area contributed by atoms with Gasteiger partial charge in [0.1, 0.15) is 11.4 Å². The van der Waals surface area contributed by atoms with Crippen LogP contribution in [0.4, 0.5) is 5.95 Å². The number of furan rings is 1. The number of fused-ring (bicyclic) bond motifs is 1. The topological polar surface area (TPSA) is 107 Å². The first-order chi connectivity index (χ1) is 14.7. The summed E-state index contributed by atoms with van der Waals surface area (Å²) in [5.74, 6) is 0.358. The second-order valence-electron chi connectivity index (χ2n) is 6.59. The Morgan fingerprint density at radius 1 is 1.03 bits per heavy atom. The van der Waals surface area contributed by atoms with Crippen LogP contribution in [0.25, 0.3) is 33.8 Å². The van der Waals surface area contributed by atoms with Crippen LogP contribution in [-0.2, 0) is 0 Å². The summed E-state index contributed by atoms with van der Waals surface area (Å²) >= 11 is 0. The van der Waals surface area contributed by atoms with Crippen LogP contribution in [0.3, 0.4) is 0 Å². The summed E-state index contributed by atoms with van der Waals surface area (Å²) in [6.45, 7) is 1.79. The molecule has 30 heavy (non-hydrogen) atoms. The largest absolute Gasteiger partial charge is 0.463 e. The number of rotatable bonds is 4. The second kappa shape index (κ2) is 7.25. The lowest BCUT2D eigenvalue weighted by Gasteiger charge is -2.07. The fourth-order valence-electron chi connectivity index (χ4n) is 3.20. The zero-order chi connectivity index (χ0) is 20.5. The van der Waals surface area contributed by atoms with Gasteiger partial charge in [-0.1, -0.05) is 35.5 Å². The molecule has 0 aliphatic carbocycles. The van der Waals surface area contributed by atoms with Gasteiger partial charge in [0, 0.05) is 17.5 Å². The molecule has 0 unspecified atom stereocenters. The molecule has 5 aromatic rings. The number of nitrogens with one attached hydrogen (secondary N) is 1. The van der Waals surface area contributed by atoms with Gasteiger partial charge in [0.05, 0.1) is 17.2 Å². The number of carbonyl (C=O) groups is 1. The predicted octanol–water partition coefficient (Wildman–Crippen LogP) is 4.50. The highest BCUT2D eigenvalue weighted by Gasteiger charge is 2.21. The molecule has 0 spiro atoms. The van der Waals surface area contributed by atoms with Gasteiger partial charge in [-0.15, -0.1) is 0 Å². The summed E-state index contributed by atoms with van der Waals surface area (Å²) in [6, 6.07) is 16.4. The number of aryl methyl sites for hydroxylation is 1. The number of carbonyl (C=O) groups excluding carboxylic acids is 1. The Labute approximate surface area is 170 Å². The average Bonchev–Trinajstić information content (AvgIpc) is 3.44. The van der Waals surface area contributed by atoms with Crippen LogP contribution in [0.1, 0.15) is 16.1 Å². The van der Waals surface area contributed by atoms with Crippen molar-refractivity contribution in [1.82, 2.24) is 20.1 Å². The maximum Gasteiger partial charge on any atom is 0.259 e. The van der Waals surface area contributed by atoms with E-state index in [1.54, 1.807) is 43.6 Å². The average molecular weight is 397 g/mol. The highest BCUT2D eigenvalue weighted by molar-refractivity contribution is 6.14. The summed E-state index contributed by atoms with van der Waals surface area (Å²) in [5, 5.41) is 7.43. The van der Waals surface area contributed by atoms with Crippen LogP contribution in [0.5, 0.6) is 0 Å². The Morgan fingerprint density at radius 3 is 2.70 bits per heavy atom. The van der Waals surface area contributed by atoms with E-state index in [0.717, 1.165) is 5.56 Å². The van der Waals surface area contributed by atoms with Crippen molar-refractivity contribution < 1.29 is 13.7 Å². The molecule has 5 rings (SSSR count). The minimum absolute atomic E-state index is 0.161. The van der Waals surface area contributed by atoms with Crippen molar-refractivity contribution in [1.29, 1.82) is 0 Å². The third-order valence-corrected chi connectivity index (χ3v) is 4.52. The normalized spacial score (nSPS) is 11.0. The molecule has 8 nitrogen and oxygen atoms in total. The van der Waals surface area contributed by atoms with E-state index in [0.29, 0.717) is 39.5 Å². The van der Waals surface area contributed by atoms with Crippen LogP contribution >= 0.6 is 0 Å². The Bertz CT molecular complexity index is 1340.